The minimum atomic E-state index is -0.191. The van der Waals surface area contributed by atoms with Crippen molar-refractivity contribution in [2.75, 3.05) is 31.1 Å². The van der Waals surface area contributed by atoms with Crippen LogP contribution in [0.5, 0.6) is 11.5 Å². The van der Waals surface area contributed by atoms with Gasteiger partial charge in [0.15, 0.2) is 5.82 Å². The Morgan fingerprint density at radius 1 is 1.24 bits per heavy atom. The van der Waals surface area contributed by atoms with Gasteiger partial charge in [0.25, 0.3) is 0 Å². The summed E-state index contributed by atoms with van der Waals surface area (Å²) in [5.74, 6) is 8.36. The SMILES string of the molecule is COc1ccc(-c2nnc(SCC(=O)Nc3ccnn3C(C)C)n2N)c(OC)c1. The molecule has 0 aliphatic heterocycles. The first-order valence-electron chi connectivity index (χ1n) is 8.83. The monoisotopic (exact) mass is 417 g/mol. The maximum atomic E-state index is 12.3. The highest BCUT2D eigenvalue weighted by atomic mass is 32.2. The van der Waals surface area contributed by atoms with E-state index in [1.807, 2.05) is 13.8 Å². The van der Waals surface area contributed by atoms with E-state index in [2.05, 4.69) is 20.6 Å². The number of benzene rings is 1. The van der Waals surface area contributed by atoms with Crippen LogP contribution in [0.15, 0.2) is 35.6 Å². The highest BCUT2D eigenvalue weighted by Crippen LogP contribution is 2.33. The van der Waals surface area contributed by atoms with E-state index >= 15 is 0 Å². The van der Waals surface area contributed by atoms with Crippen LogP contribution in [0.4, 0.5) is 5.82 Å². The second-order valence-corrected chi connectivity index (χ2v) is 7.28. The molecule has 0 aliphatic rings. The number of rotatable bonds is 8. The molecule has 0 saturated heterocycles. The van der Waals surface area contributed by atoms with Gasteiger partial charge in [-0.05, 0) is 26.0 Å². The first-order chi connectivity index (χ1) is 13.9. The molecule has 2 aromatic heterocycles. The van der Waals surface area contributed by atoms with Crippen LogP contribution in [0.2, 0.25) is 0 Å². The van der Waals surface area contributed by atoms with Crippen LogP contribution in [-0.2, 0) is 4.79 Å². The third-order valence-electron chi connectivity index (χ3n) is 4.07. The molecular formula is C18H23N7O3S. The number of nitrogen functional groups attached to an aromatic ring is 1. The Morgan fingerprint density at radius 3 is 2.72 bits per heavy atom. The Labute approximate surface area is 172 Å². The van der Waals surface area contributed by atoms with Crippen molar-refractivity contribution >= 4 is 23.5 Å². The summed E-state index contributed by atoms with van der Waals surface area (Å²) < 4.78 is 13.7. The zero-order valence-corrected chi connectivity index (χ0v) is 17.4. The van der Waals surface area contributed by atoms with Crippen molar-refractivity contribution in [3.05, 3.63) is 30.5 Å². The normalized spacial score (nSPS) is 10.9. The second kappa shape index (κ2) is 8.86. The molecular weight excluding hydrogens is 394 g/mol. The van der Waals surface area contributed by atoms with E-state index < -0.39 is 0 Å². The molecule has 0 radical (unpaired) electrons. The van der Waals surface area contributed by atoms with Crippen LogP contribution in [0.25, 0.3) is 11.4 Å². The van der Waals surface area contributed by atoms with Gasteiger partial charge in [0, 0.05) is 18.2 Å². The lowest BCUT2D eigenvalue weighted by Gasteiger charge is -2.11. The second-order valence-electron chi connectivity index (χ2n) is 6.33. The molecule has 11 heteroatoms. The molecule has 0 bridgehead atoms. The molecule has 0 saturated carbocycles. The van der Waals surface area contributed by atoms with E-state index in [1.54, 1.807) is 49.4 Å². The Bertz CT molecular complexity index is 999. The number of nitrogens with zero attached hydrogens (tertiary/aromatic N) is 5. The molecule has 154 valence electrons. The average molecular weight is 417 g/mol. The molecule has 29 heavy (non-hydrogen) atoms. The number of nitrogens with two attached hydrogens (primary N) is 1. The molecule has 1 amide bonds. The zero-order valence-electron chi connectivity index (χ0n) is 16.6. The van der Waals surface area contributed by atoms with Crippen molar-refractivity contribution in [3.63, 3.8) is 0 Å². The number of thioether (sulfide) groups is 1. The highest BCUT2D eigenvalue weighted by molar-refractivity contribution is 7.99. The number of hydrogen-bond acceptors (Lipinski definition) is 8. The molecule has 1 aromatic carbocycles. The smallest absolute Gasteiger partial charge is 0.235 e. The summed E-state index contributed by atoms with van der Waals surface area (Å²) in [6, 6.07) is 7.20. The number of amides is 1. The number of methoxy groups -OCH3 is 2. The number of ether oxygens (including phenoxy) is 2. The number of carbonyl (C=O) groups is 1. The largest absolute Gasteiger partial charge is 0.497 e. The van der Waals surface area contributed by atoms with Gasteiger partial charge in [-0.3, -0.25) is 4.79 Å². The molecule has 0 fully saturated rings. The van der Waals surface area contributed by atoms with Gasteiger partial charge in [0.2, 0.25) is 11.1 Å². The fraction of sp³-hybridized carbons (Fsp3) is 0.333. The van der Waals surface area contributed by atoms with Crippen LogP contribution in [-0.4, -0.2) is 50.5 Å². The third kappa shape index (κ3) is 4.45. The summed E-state index contributed by atoms with van der Waals surface area (Å²) in [5, 5.41) is 15.7. The van der Waals surface area contributed by atoms with Crippen LogP contribution in [0.1, 0.15) is 19.9 Å². The molecule has 3 N–H and O–H groups in total. The molecule has 0 atom stereocenters. The van der Waals surface area contributed by atoms with E-state index in [-0.39, 0.29) is 17.7 Å². The van der Waals surface area contributed by atoms with E-state index in [0.717, 1.165) is 0 Å². The van der Waals surface area contributed by atoms with Crippen molar-refractivity contribution in [2.45, 2.75) is 25.0 Å². The van der Waals surface area contributed by atoms with Gasteiger partial charge in [0.1, 0.15) is 17.3 Å². The van der Waals surface area contributed by atoms with E-state index in [9.17, 15) is 4.79 Å². The van der Waals surface area contributed by atoms with Crippen LogP contribution >= 0.6 is 11.8 Å². The summed E-state index contributed by atoms with van der Waals surface area (Å²) >= 11 is 1.19. The lowest BCUT2D eigenvalue weighted by molar-refractivity contribution is -0.113. The number of carbonyl (C=O) groups excluding carboxylic acids is 1. The summed E-state index contributed by atoms with van der Waals surface area (Å²) in [4.78, 5) is 12.3. The van der Waals surface area contributed by atoms with Gasteiger partial charge < -0.3 is 20.6 Å². The Kier molecular flexibility index (Phi) is 6.27. The minimum Gasteiger partial charge on any atom is -0.497 e. The van der Waals surface area contributed by atoms with Crippen molar-refractivity contribution in [3.8, 4) is 22.9 Å². The molecule has 2 heterocycles. The molecule has 0 unspecified atom stereocenters. The number of anilines is 1. The van der Waals surface area contributed by atoms with Gasteiger partial charge in [-0.25, -0.2) is 9.36 Å². The van der Waals surface area contributed by atoms with Crippen LogP contribution in [0.3, 0.4) is 0 Å². The van der Waals surface area contributed by atoms with Crippen molar-refractivity contribution in [1.29, 1.82) is 0 Å². The van der Waals surface area contributed by atoms with E-state index in [0.29, 0.717) is 33.9 Å². The Balaban J connectivity index is 1.70. The predicted molar refractivity (Wildman–Crippen MR) is 111 cm³/mol. The molecule has 10 nitrogen and oxygen atoms in total. The maximum absolute atomic E-state index is 12.3. The highest BCUT2D eigenvalue weighted by Gasteiger charge is 2.18. The summed E-state index contributed by atoms with van der Waals surface area (Å²) in [7, 11) is 3.13. The number of hydrogen-bond donors (Lipinski definition) is 2. The quantitative estimate of drug-likeness (QED) is 0.422. The standard InChI is InChI=1S/C18H23N7O3S/c1-11(2)25-15(7-8-20-25)21-16(26)10-29-18-23-22-17(24(18)19)13-6-5-12(27-3)9-14(13)28-4/h5-9,11H,10,19H2,1-4H3,(H,21,26). The van der Waals surface area contributed by atoms with E-state index in [4.69, 9.17) is 15.3 Å². The Morgan fingerprint density at radius 2 is 2.03 bits per heavy atom. The number of nitrogens with one attached hydrogen (secondary N) is 1. The fourth-order valence-electron chi connectivity index (χ4n) is 2.68. The van der Waals surface area contributed by atoms with Crippen molar-refractivity contribution in [2.24, 2.45) is 0 Å². The van der Waals surface area contributed by atoms with Crippen LogP contribution in [0, 0.1) is 0 Å². The average Bonchev–Trinajstić information content (AvgIpc) is 3.32. The third-order valence-corrected chi connectivity index (χ3v) is 5.02. The fourth-order valence-corrected chi connectivity index (χ4v) is 3.33. The first kappa shape index (κ1) is 20.5. The predicted octanol–water partition coefficient (Wildman–Crippen LogP) is 2.18. The Hall–Kier alpha value is -3.21. The van der Waals surface area contributed by atoms with Gasteiger partial charge in [-0.2, -0.15) is 5.10 Å². The van der Waals surface area contributed by atoms with E-state index in [1.165, 1.54) is 16.4 Å². The van der Waals surface area contributed by atoms with Gasteiger partial charge in [0.05, 0.1) is 31.7 Å². The van der Waals surface area contributed by atoms with Crippen molar-refractivity contribution < 1.29 is 14.3 Å². The zero-order chi connectivity index (χ0) is 21.0. The minimum absolute atomic E-state index is 0.123. The summed E-state index contributed by atoms with van der Waals surface area (Å²) in [5.41, 5.74) is 0.667. The number of aromatic nitrogens is 5. The van der Waals surface area contributed by atoms with Crippen LogP contribution < -0.4 is 20.6 Å². The maximum Gasteiger partial charge on any atom is 0.235 e. The summed E-state index contributed by atoms with van der Waals surface area (Å²) in [6.07, 6.45) is 1.65. The molecule has 3 aromatic rings. The molecule has 0 spiro atoms. The van der Waals surface area contributed by atoms with Gasteiger partial charge >= 0.3 is 0 Å². The first-order valence-corrected chi connectivity index (χ1v) is 9.82. The topological polar surface area (TPSA) is 122 Å². The molecule has 3 rings (SSSR count). The lowest BCUT2D eigenvalue weighted by Crippen LogP contribution is -2.19. The lowest BCUT2D eigenvalue weighted by atomic mass is 10.2. The van der Waals surface area contributed by atoms with Gasteiger partial charge in [-0.1, -0.05) is 11.8 Å². The van der Waals surface area contributed by atoms with Crippen molar-refractivity contribution in [1.82, 2.24) is 24.7 Å². The molecule has 0 aliphatic carbocycles. The van der Waals surface area contributed by atoms with Gasteiger partial charge in [-0.15, -0.1) is 10.2 Å². The summed E-state index contributed by atoms with van der Waals surface area (Å²) in [6.45, 7) is 3.98.